The van der Waals surface area contributed by atoms with E-state index >= 15 is 0 Å². The van der Waals surface area contributed by atoms with Crippen molar-refractivity contribution >= 4 is 17.6 Å². The fourth-order valence-corrected chi connectivity index (χ4v) is 4.04. The van der Waals surface area contributed by atoms with Crippen molar-refractivity contribution in [1.82, 2.24) is 10.2 Å². The van der Waals surface area contributed by atoms with Crippen LogP contribution in [-0.2, 0) is 19.4 Å². The molecule has 2 aromatic carbocycles. The lowest BCUT2D eigenvalue weighted by Crippen LogP contribution is -2.32. The highest BCUT2D eigenvalue weighted by Crippen LogP contribution is 2.22. The van der Waals surface area contributed by atoms with Gasteiger partial charge in [-0.25, -0.2) is 4.79 Å². The highest BCUT2D eigenvalue weighted by molar-refractivity contribution is 5.94. The average Bonchev–Trinajstić information content (AvgIpc) is 3.27. The third kappa shape index (κ3) is 4.35. The molecule has 3 amide bonds. The van der Waals surface area contributed by atoms with Crippen LogP contribution in [0.1, 0.15) is 52.7 Å². The maximum absolute atomic E-state index is 12.6. The number of fused-ring (bicyclic) bond motifs is 1. The number of carbonyl (C=O) groups is 2. The van der Waals surface area contributed by atoms with Gasteiger partial charge in [0.25, 0.3) is 5.91 Å². The number of benzene rings is 2. The fraction of sp³-hybridized carbons (Fsp3) is 0.391. The Hall–Kier alpha value is -2.82. The van der Waals surface area contributed by atoms with Crippen LogP contribution < -0.4 is 10.6 Å². The largest absolute Gasteiger partial charge is 0.348 e. The average molecular weight is 377 g/mol. The van der Waals surface area contributed by atoms with Crippen molar-refractivity contribution in [1.29, 1.82) is 0 Å². The van der Waals surface area contributed by atoms with E-state index in [4.69, 9.17) is 0 Å². The summed E-state index contributed by atoms with van der Waals surface area (Å²) in [5.74, 6) is -0.0557. The van der Waals surface area contributed by atoms with E-state index in [0.29, 0.717) is 6.54 Å². The van der Waals surface area contributed by atoms with E-state index in [-0.39, 0.29) is 11.9 Å². The van der Waals surface area contributed by atoms with Crippen LogP contribution in [0.3, 0.4) is 0 Å². The van der Waals surface area contributed by atoms with Gasteiger partial charge in [-0.1, -0.05) is 18.2 Å². The molecule has 5 heteroatoms. The molecular formula is C23H27N3O2. The highest BCUT2D eigenvalue weighted by Gasteiger charge is 2.18. The first-order valence-corrected chi connectivity index (χ1v) is 10.2. The fourth-order valence-electron chi connectivity index (χ4n) is 4.04. The quantitative estimate of drug-likeness (QED) is 0.842. The van der Waals surface area contributed by atoms with Crippen LogP contribution in [0.2, 0.25) is 0 Å². The number of nitrogens with one attached hydrogen (secondary N) is 2. The van der Waals surface area contributed by atoms with Crippen molar-refractivity contribution in [2.45, 2.75) is 45.1 Å². The number of carbonyl (C=O) groups excluding carboxylic acids is 2. The topological polar surface area (TPSA) is 61.4 Å². The molecule has 146 valence electrons. The molecule has 2 N–H and O–H groups in total. The molecule has 1 saturated heterocycles. The number of amides is 3. The molecule has 4 rings (SSSR count). The van der Waals surface area contributed by atoms with Gasteiger partial charge in [0.05, 0.1) is 0 Å². The Morgan fingerprint density at radius 1 is 0.893 bits per heavy atom. The summed E-state index contributed by atoms with van der Waals surface area (Å²) in [6.07, 6.45) is 6.77. The molecule has 5 nitrogen and oxygen atoms in total. The van der Waals surface area contributed by atoms with Gasteiger partial charge in [-0.05, 0) is 79.5 Å². The second-order valence-corrected chi connectivity index (χ2v) is 7.70. The number of rotatable bonds is 4. The van der Waals surface area contributed by atoms with E-state index in [2.05, 4.69) is 16.7 Å². The van der Waals surface area contributed by atoms with E-state index in [1.165, 1.54) is 24.0 Å². The molecule has 0 saturated carbocycles. The molecular weight excluding hydrogens is 350 g/mol. The van der Waals surface area contributed by atoms with Gasteiger partial charge >= 0.3 is 6.03 Å². The van der Waals surface area contributed by atoms with Crippen molar-refractivity contribution in [3.8, 4) is 0 Å². The maximum Gasteiger partial charge on any atom is 0.321 e. The first-order valence-electron chi connectivity index (χ1n) is 10.2. The summed E-state index contributed by atoms with van der Waals surface area (Å²) in [7, 11) is 0. The second-order valence-electron chi connectivity index (χ2n) is 7.70. The zero-order valence-electron chi connectivity index (χ0n) is 16.2. The van der Waals surface area contributed by atoms with Gasteiger partial charge in [0.2, 0.25) is 0 Å². The number of likely N-dealkylation sites (tertiary alicyclic amines) is 1. The van der Waals surface area contributed by atoms with Gasteiger partial charge in [0.15, 0.2) is 0 Å². The van der Waals surface area contributed by atoms with Gasteiger partial charge in [-0.3, -0.25) is 4.79 Å². The first kappa shape index (κ1) is 18.5. The lowest BCUT2D eigenvalue weighted by atomic mass is 9.90. The van der Waals surface area contributed by atoms with Crippen molar-refractivity contribution in [3.05, 3.63) is 64.7 Å². The minimum atomic E-state index is -0.0557. The summed E-state index contributed by atoms with van der Waals surface area (Å²) in [4.78, 5) is 26.6. The Morgan fingerprint density at radius 3 is 2.50 bits per heavy atom. The molecule has 0 spiro atoms. The van der Waals surface area contributed by atoms with E-state index in [0.717, 1.165) is 55.6 Å². The summed E-state index contributed by atoms with van der Waals surface area (Å²) >= 11 is 0. The maximum atomic E-state index is 12.6. The molecule has 28 heavy (non-hydrogen) atoms. The molecule has 1 fully saturated rings. The van der Waals surface area contributed by atoms with E-state index in [1.54, 1.807) is 0 Å². The van der Waals surface area contributed by atoms with Crippen LogP contribution >= 0.6 is 0 Å². The first-order chi connectivity index (χ1) is 13.7. The Morgan fingerprint density at radius 2 is 1.68 bits per heavy atom. The Kier molecular flexibility index (Phi) is 5.60. The summed E-state index contributed by atoms with van der Waals surface area (Å²) < 4.78 is 0. The van der Waals surface area contributed by atoms with Gasteiger partial charge in [-0.2, -0.15) is 0 Å². The SMILES string of the molecule is O=C(NCc1cccc(NC(=O)N2CCCC2)c1)c1ccc2c(c1)CCCC2. The van der Waals surface area contributed by atoms with E-state index in [1.807, 2.05) is 41.3 Å². The van der Waals surface area contributed by atoms with Crippen molar-refractivity contribution in [3.63, 3.8) is 0 Å². The van der Waals surface area contributed by atoms with Crippen molar-refractivity contribution in [2.75, 3.05) is 18.4 Å². The summed E-state index contributed by atoms with van der Waals surface area (Å²) in [5.41, 5.74) is 5.14. The molecule has 2 aromatic rings. The highest BCUT2D eigenvalue weighted by atomic mass is 16.2. The molecule has 1 heterocycles. The number of aryl methyl sites for hydroxylation is 2. The Bertz CT molecular complexity index is 872. The van der Waals surface area contributed by atoms with Gasteiger partial charge in [0.1, 0.15) is 0 Å². The minimum Gasteiger partial charge on any atom is -0.348 e. The van der Waals surface area contributed by atoms with Crippen molar-refractivity contribution < 1.29 is 9.59 Å². The number of nitrogens with zero attached hydrogens (tertiary/aromatic N) is 1. The molecule has 0 unspecified atom stereocenters. The number of urea groups is 1. The zero-order valence-corrected chi connectivity index (χ0v) is 16.2. The predicted molar refractivity (Wildman–Crippen MR) is 111 cm³/mol. The second kappa shape index (κ2) is 8.46. The molecule has 0 bridgehead atoms. The number of anilines is 1. The van der Waals surface area contributed by atoms with Crippen LogP contribution in [0.15, 0.2) is 42.5 Å². The molecule has 0 aromatic heterocycles. The molecule has 1 aliphatic heterocycles. The van der Waals surface area contributed by atoms with Crippen LogP contribution in [0, 0.1) is 0 Å². The van der Waals surface area contributed by atoms with Crippen LogP contribution in [0.5, 0.6) is 0 Å². The van der Waals surface area contributed by atoms with Crippen molar-refractivity contribution in [2.24, 2.45) is 0 Å². The lowest BCUT2D eigenvalue weighted by Gasteiger charge is -2.17. The molecule has 2 aliphatic rings. The molecule has 1 aliphatic carbocycles. The Labute approximate surface area is 166 Å². The standard InChI is InChI=1S/C23H27N3O2/c27-22(20-11-10-18-7-1-2-8-19(18)15-20)24-16-17-6-5-9-21(14-17)25-23(28)26-12-3-4-13-26/h5-6,9-11,14-15H,1-4,7-8,12-13,16H2,(H,24,27)(H,25,28). The molecule has 0 radical (unpaired) electrons. The monoisotopic (exact) mass is 377 g/mol. The van der Waals surface area contributed by atoms with Crippen LogP contribution in [0.25, 0.3) is 0 Å². The minimum absolute atomic E-state index is 0.0484. The van der Waals surface area contributed by atoms with Gasteiger partial charge in [-0.15, -0.1) is 0 Å². The summed E-state index contributed by atoms with van der Waals surface area (Å²) in [6, 6.07) is 13.7. The number of hydrogen-bond donors (Lipinski definition) is 2. The summed E-state index contributed by atoms with van der Waals surface area (Å²) in [5, 5.41) is 5.95. The lowest BCUT2D eigenvalue weighted by molar-refractivity contribution is 0.0950. The van der Waals surface area contributed by atoms with Crippen LogP contribution in [0.4, 0.5) is 10.5 Å². The normalized spacial score (nSPS) is 15.8. The summed E-state index contributed by atoms with van der Waals surface area (Å²) in [6.45, 7) is 2.08. The van der Waals surface area contributed by atoms with E-state index < -0.39 is 0 Å². The third-order valence-corrected chi connectivity index (χ3v) is 5.64. The van der Waals surface area contributed by atoms with Gasteiger partial charge < -0.3 is 15.5 Å². The predicted octanol–water partition coefficient (Wildman–Crippen LogP) is 4.12. The third-order valence-electron chi connectivity index (χ3n) is 5.64. The molecule has 0 atom stereocenters. The Balaban J connectivity index is 1.35. The number of hydrogen-bond acceptors (Lipinski definition) is 2. The van der Waals surface area contributed by atoms with Gasteiger partial charge in [0, 0.05) is 30.9 Å². The smallest absolute Gasteiger partial charge is 0.321 e. The van der Waals surface area contributed by atoms with E-state index in [9.17, 15) is 9.59 Å². The zero-order chi connectivity index (χ0) is 19.3. The van der Waals surface area contributed by atoms with Crippen LogP contribution in [-0.4, -0.2) is 29.9 Å².